The van der Waals surface area contributed by atoms with Crippen molar-refractivity contribution in [3.8, 4) is 33.0 Å². The number of carbonyl (C=O) groups is 2. The molecule has 1 aliphatic carbocycles. The number of nitrogens with zero attached hydrogens (tertiary/aromatic N) is 4. The fraction of sp³-hybridized carbons (Fsp3) is 0.414. The molecule has 3 aromatic rings. The Morgan fingerprint density at radius 3 is 2.59 bits per heavy atom. The van der Waals surface area contributed by atoms with Crippen molar-refractivity contribution in [2.24, 2.45) is 0 Å². The van der Waals surface area contributed by atoms with Gasteiger partial charge in [0.05, 0.1) is 24.8 Å². The fourth-order valence-corrected chi connectivity index (χ4v) is 5.43. The first kappa shape index (κ1) is 28.0. The number of ether oxygens (including phenoxy) is 3. The number of amides is 1. The van der Waals surface area contributed by atoms with Gasteiger partial charge in [0, 0.05) is 11.1 Å². The molecule has 0 fully saturated rings. The molecule has 0 saturated carbocycles. The second-order valence-corrected chi connectivity index (χ2v) is 11.5. The highest BCUT2D eigenvalue weighted by atomic mass is 32.1. The lowest BCUT2D eigenvalue weighted by molar-refractivity contribution is -0.142. The third kappa shape index (κ3) is 6.37. The molecule has 1 aliphatic rings. The van der Waals surface area contributed by atoms with E-state index in [-0.39, 0.29) is 18.7 Å². The summed E-state index contributed by atoms with van der Waals surface area (Å²) < 4.78 is 16.2. The first-order chi connectivity index (χ1) is 18.5. The van der Waals surface area contributed by atoms with Crippen LogP contribution >= 0.6 is 11.3 Å². The smallest absolute Gasteiger partial charge is 0.411 e. The zero-order valence-electron chi connectivity index (χ0n) is 23.0. The molecule has 0 saturated heterocycles. The number of hydrogen-bond donors (Lipinski definition) is 0. The highest BCUT2D eigenvalue weighted by Gasteiger charge is 2.36. The molecule has 2 aromatic carbocycles. The van der Waals surface area contributed by atoms with Crippen molar-refractivity contribution in [2.45, 2.75) is 65.2 Å². The predicted octanol–water partition coefficient (Wildman–Crippen LogP) is 5.93. The van der Waals surface area contributed by atoms with Crippen molar-refractivity contribution >= 4 is 23.4 Å². The van der Waals surface area contributed by atoms with Crippen LogP contribution in [0.4, 0.5) is 4.79 Å². The number of aromatic nitrogens is 2. The maximum atomic E-state index is 13.1. The zero-order valence-corrected chi connectivity index (χ0v) is 23.8. The van der Waals surface area contributed by atoms with Crippen LogP contribution in [0.5, 0.6) is 5.75 Å². The first-order valence-electron chi connectivity index (χ1n) is 12.7. The van der Waals surface area contributed by atoms with Crippen molar-refractivity contribution in [2.75, 3.05) is 13.7 Å². The molecular formula is C29H32N4O5S. The van der Waals surface area contributed by atoms with Gasteiger partial charge in [-0.05, 0) is 76.8 Å². The lowest BCUT2D eigenvalue weighted by Crippen LogP contribution is -2.41. The molecule has 9 nitrogen and oxygen atoms in total. The molecule has 1 heterocycles. The standard InChI is InChI=1S/C29H32N4O5S/c1-17(2)37-24-13-10-18(14-19(24)15-30)26-31-32-27(39-26)22-9-7-8-21-20(22)11-12-23(21)33(16-25(34)36-6)28(35)38-29(3,4)5/h7-10,13-14,17,23H,11-12,16H2,1-6H3. The van der Waals surface area contributed by atoms with Gasteiger partial charge in [-0.1, -0.05) is 29.5 Å². The van der Waals surface area contributed by atoms with E-state index in [1.165, 1.54) is 23.3 Å². The van der Waals surface area contributed by atoms with E-state index in [2.05, 4.69) is 16.3 Å². The number of rotatable bonds is 7. The van der Waals surface area contributed by atoms with Gasteiger partial charge in [-0.2, -0.15) is 5.26 Å². The van der Waals surface area contributed by atoms with Crippen LogP contribution in [0.1, 0.15) is 63.8 Å². The van der Waals surface area contributed by atoms with Crippen LogP contribution < -0.4 is 4.74 Å². The van der Waals surface area contributed by atoms with Crippen molar-refractivity contribution in [3.05, 3.63) is 53.1 Å². The minimum Gasteiger partial charge on any atom is -0.490 e. The average molecular weight is 549 g/mol. The van der Waals surface area contributed by atoms with E-state index in [9.17, 15) is 14.9 Å². The molecule has 4 rings (SSSR count). The quantitative estimate of drug-likeness (QED) is 0.334. The summed E-state index contributed by atoms with van der Waals surface area (Å²) in [6.45, 7) is 8.99. The summed E-state index contributed by atoms with van der Waals surface area (Å²) in [7, 11) is 1.30. The van der Waals surface area contributed by atoms with Gasteiger partial charge in [-0.15, -0.1) is 10.2 Å². The lowest BCUT2D eigenvalue weighted by Gasteiger charge is -2.31. The fourth-order valence-electron chi connectivity index (χ4n) is 4.54. The molecular weight excluding hydrogens is 516 g/mol. The molecule has 204 valence electrons. The third-order valence-corrected chi connectivity index (χ3v) is 7.14. The third-order valence-electron chi connectivity index (χ3n) is 6.14. The Hall–Kier alpha value is -3.97. The summed E-state index contributed by atoms with van der Waals surface area (Å²) in [6.07, 6.45) is 0.731. The summed E-state index contributed by atoms with van der Waals surface area (Å²) in [6, 6.07) is 13.2. The zero-order chi connectivity index (χ0) is 28.3. The summed E-state index contributed by atoms with van der Waals surface area (Å²) in [4.78, 5) is 26.7. The number of nitriles is 1. The number of benzene rings is 2. The largest absolute Gasteiger partial charge is 0.490 e. The maximum absolute atomic E-state index is 13.1. The van der Waals surface area contributed by atoms with Crippen LogP contribution in [-0.4, -0.2) is 52.5 Å². The molecule has 0 radical (unpaired) electrons. The van der Waals surface area contributed by atoms with Gasteiger partial charge in [0.25, 0.3) is 0 Å². The average Bonchev–Trinajstić information content (AvgIpc) is 3.53. The van der Waals surface area contributed by atoms with E-state index in [1.54, 1.807) is 32.9 Å². The molecule has 1 amide bonds. The van der Waals surface area contributed by atoms with Gasteiger partial charge in [-0.25, -0.2) is 4.79 Å². The van der Waals surface area contributed by atoms with E-state index in [1.807, 2.05) is 38.1 Å². The molecule has 0 spiro atoms. The Morgan fingerprint density at radius 2 is 1.92 bits per heavy atom. The second kappa shape index (κ2) is 11.4. The number of esters is 1. The van der Waals surface area contributed by atoms with Crippen molar-refractivity contribution < 1.29 is 23.8 Å². The van der Waals surface area contributed by atoms with Gasteiger partial charge < -0.3 is 14.2 Å². The highest BCUT2D eigenvalue weighted by molar-refractivity contribution is 7.17. The van der Waals surface area contributed by atoms with Gasteiger partial charge in [-0.3, -0.25) is 9.69 Å². The first-order valence-corrected chi connectivity index (χ1v) is 13.6. The topological polar surface area (TPSA) is 115 Å². The Bertz CT molecular complexity index is 1420. The van der Waals surface area contributed by atoms with Crippen molar-refractivity contribution in [1.82, 2.24) is 15.1 Å². The van der Waals surface area contributed by atoms with E-state index >= 15 is 0 Å². The summed E-state index contributed by atoms with van der Waals surface area (Å²) >= 11 is 1.43. The summed E-state index contributed by atoms with van der Waals surface area (Å²) in [5.41, 5.74) is 3.45. The molecule has 0 N–H and O–H groups in total. The summed E-state index contributed by atoms with van der Waals surface area (Å²) in [5, 5.41) is 19.9. The highest BCUT2D eigenvalue weighted by Crippen LogP contribution is 2.42. The van der Waals surface area contributed by atoms with E-state index in [0.717, 1.165) is 27.3 Å². The monoisotopic (exact) mass is 548 g/mol. The normalized spacial score (nSPS) is 14.5. The Kier molecular flexibility index (Phi) is 8.21. The Labute approximate surface area is 232 Å². The van der Waals surface area contributed by atoms with Gasteiger partial charge in [0.15, 0.2) is 0 Å². The minimum atomic E-state index is -0.706. The Morgan fingerprint density at radius 1 is 1.18 bits per heavy atom. The van der Waals surface area contributed by atoms with E-state index < -0.39 is 17.7 Å². The van der Waals surface area contributed by atoms with Crippen LogP contribution in [0, 0.1) is 11.3 Å². The number of fused-ring (bicyclic) bond motifs is 1. The molecule has 0 aliphatic heterocycles. The lowest BCUT2D eigenvalue weighted by atomic mass is 10.0. The molecule has 1 aromatic heterocycles. The number of methoxy groups -OCH3 is 1. The maximum Gasteiger partial charge on any atom is 0.411 e. The van der Waals surface area contributed by atoms with E-state index in [0.29, 0.717) is 29.2 Å². The second-order valence-electron chi connectivity index (χ2n) is 10.5. The SMILES string of the molecule is COC(=O)CN(C(=O)OC(C)(C)C)C1CCc2c(-c3nnc(-c4ccc(OC(C)C)c(C#N)c4)s3)cccc21. The molecule has 1 atom stereocenters. The van der Waals surface area contributed by atoms with Crippen LogP contribution in [-0.2, 0) is 20.7 Å². The molecule has 10 heteroatoms. The Balaban J connectivity index is 1.65. The van der Waals surface area contributed by atoms with Crippen LogP contribution in [0.25, 0.3) is 21.1 Å². The van der Waals surface area contributed by atoms with Crippen LogP contribution in [0.2, 0.25) is 0 Å². The molecule has 39 heavy (non-hydrogen) atoms. The molecule has 0 bridgehead atoms. The predicted molar refractivity (Wildman–Crippen MR) is 147 cm³/mol. The van der Waals surface area contributed by atoms with Gasteiger partial charge >= 0.3 is 12.1 Å². The van der Waals surface area contributed by atoms with E-state index in [4.69, 9.17) is 14.2 Å². The number of hydrogen-bond acceptors (Lipinski definition) is 9. The van der Waals surface area contributed by atoms with Gasteiger partial charge in [0.2, 0.25) is 0 Å². The van der Waals surface area contributed by atoms with Crippen molar-refractivity contribution in [1.29, 1.82) is 5.26 Å². The molecule has 1 unspecified atom stereocenters. The minimum absolute atomic E-state index is 0.0426. The van der Waals surface area contributed by atoms with Gasteiger partial charge in [0.1, 0.15) is 34.0 Å². The summed E-state index contributed by atoms with van der Waals surface area (Å²) in [5.74, 6) is 0.0233. The van der Waals surface area contributed by atoms with Crippen LogP contribution in [0.15, 0.2) is 36.4 Å². The van der Waals surface area contributed by atoms with Crippen molar-refractivity contribution in [3.63, 3.8) is 0 Å². The number of carbonyl (C=O) groups excluding carboxylic acids is 2. The van der Waals surface area contributed by atoms with Crippen LogP contribution in [0.3, 0.4) is 0 Å².